The van der Waals surface area contributed by atoms with Gasteiger partial charge in [0.25, 0.3) is 0 Å². The van der Waals surface area contributed by atoms with E-state index >= 15 is 0 Å². The van der Waals surface area contributed by atoms with Gasteiger partial charge in [-0.15, -0.1) is 0 Å². The third kappa shape index (κ3) is 7.85. The highest BCUT2D eigenvalue weighted by atomic mass is 16.5. The van der Waals surface area contributed by atoms with E-state index in [4.69, 9.17) is 4.74 Å². The molecule has 202 valence electrons. The molecule has 3 aromatic rings. The maximum Gasteiger partial charge on any atom is 0.321 e. The Balaban J connectivity index is 1.79. The van der Waals surface area contributed by atoms with Gasteiger partial charge in [-0.2, -0.15) is 0 Å². The van der Waals surface area contributed by atoms with Crippen molar-refractivity contribution in [2.75, 3.05) is 25.6 Å². The van der Waals surface area contributed by atoms with E-state index in [2.05, 4.69) is 37.4 Å². The van der Waals surface area contributed by atoms with Gasteiger partial charge in [-0.05, 0) is 83.3 Å². The number of urea groups is 1. The van der Waals surface area contributed by atoms with Crippen LogP contribution in [0.1, 0.15) is 55.4 Å². The molecule has 0 saturated carbocycles. The van der Waals surface area contributed by atoms with Crippen LogP contribution in [-0.2, 0) is 30.5 Å². The molecule has 6 heteroatoms. The van der Waals surface area contributed by atoms with Crippen LogP contribution in [0.5, 0.6) is 5.75 Å². The van der Waals surface area contributed by atoms with Crippen LogP contribution >= 0.6 is 0 Å². The predicted molar refractivity (Wildman–Crippen MR) is 154 cm³/mol. The molecule has 0 aromatic heterocycles. The van der Waals surface area contributed by atoms with Gasteiger partial charge in [0, 0.05) is 25.7 Å². The largest absolute Gasteiger partial charge is 0.497 e. The van der Waals surface area contributed by atoms with Crippen LogP contribution in [0.4, 0.5) is 10.5 Å². The number of ether oxygens (including phenoxy) is 1. The minimum absolute atomic E-state index is 0.139. The van der Waals surface area contributed by atoms with Gasteiger partial charge in [0.15, 0.2) is 0 Å². The van der Waals surface area contributed by atoms with E-state index in [0.29, 0.717) is 19.4 Å². The first-order chi connectivity index (χ1) is 18.4. The molecule has 0 radical (unpaired) electrons. The summed E-state index contributed by atoms with van der Waals surface area (Å²) in [7, 11) is 3.42. The van der Waals surface area contributed by atoms with Crippen molar-refractivity contribution in [2.45, 2.75) is 58.8 Å². The molecule has 0 heterocycles. The zero-order valence-electron chi connectivity index (χ0n) is 23.0. The van der Waals surface area contributed by atoms with Gasteiger partial charge < -0.3 is 15.2 Å². The Morgan fingerprint density at radius 3 is 2.18 bits per heavy atom. The van der Waals surface area contributed by atoms with Crippen LogP contribution in [0.3, 0.4) is 0 Å². The Morgan fingerprint density at radius 2 is 1.55 bits per heavy atom. The molecule has 0 aliphatic rings. The molecule has 0 saturated heterocycles. The van der Waals surface area contributed by atoms with Crippen LogP contribution < -0.4 is 15.0 Å². The predicted octanol–water partition coefficient (Wildman–Crippen LogP) is 6.67. The molecule has 0 atom stereocenters. The minimum atomic E-state index is -0.767. The van der Waals surface area contributed by atoms with Crippen molar-refractivity contribution in [1.82, 2.24) is 5.32 Å². The lowest BCUT2D eigenvalue weighted by molar-refractivity contribution is -0.136. The Labute approximate surface area is 226 Å². The van der Waals surface area contributed by atoms with Gasteiger partial charge in [0.05, 0.1) is 7.11 Å². The number of carboxylic acid groups (broad SMARTS) is 1. The van der Waals surface area contributed by atoms with Crippen molar-refractivity contribution in [2.24, 2.45) is 0 Å². The highest BCUT2D eigenvalue weighted by Crippen LogP contribution is 2.31. The molecule has 0 spiro atoms. The normalized spacial score (nSPS) is 10.7. The van der Waals surface area contributed by atoms with Gasteiger partial charge >= 0.3 is 12.0 Å². The van der Waals surface area contributed by atoms with E-state index in [1.807, 2.05) is 42.5 Å². The van der Waals surface area contributed by atoms with E-state index in [9.17, 15) is 14.7 Å². The molecule has 38 heavy (non-hydrogen) atoms. The summed E-state index contributed by atoms with van der Waals surface area (Å²) in [6, 6.07) is 20.1. The molecule has 0 aliphatic heterocycles. The lowest BCUT2D eigenvalue weighted by Crippen LogP contribution is -2.38. The van der Waals surface area contributed by atoms with Crippen molar-refractivity contribution in [3.8, 4) is 16.9 Å². The second kappa shape index (κ2) is 14.2. The fourth-order valence-electron chi connectivity index (χ4n) is 4.77. The number of rotatable bonds is 13. The highest BCUT2D eigenvalue weighted by molar-refractivity contribution is 5.92. The van der Waals surface area contributed by atoms with Crippen LogP contribution in [0.25, 0.3) is 11.1 Å². The maximum atomic E-state index is 12.9. The zero-order chi connectivity index (χ0) is 27.5. The van der Waals surface area contributed by atoms with Crippen LogP contribution in [0.15, 0.2) is 60.7 Å². The molecule has 0 bridgehead atoms. The molecule has 2 amide bonds. The summed E-state index contributed by atoms with van der Waals surface area (Å²) < 4.78 is 5.28. The molecule has 3 rings (SSSR count). The van der Waals surface area contributed by atoms with Gasteiger partial charge in [0.1, 0.15) is 5.75 Å². The summed E-state index contributed by atoms with van der Waals surface area (Å²) in [5, 5.41) is 12.3. The van der Waals surface area contributed by atoms with E-state index in [0.717, 1.165) is 53.8 Å². The summed E-state index contributed by atoms with van der Waals surface area (Å²) >= 11 is 0. The average Bonchev–Trinajstić information content (AvgIpc) is 2.92. The lowest BCUT2D eigenvalue weighted by Gasteiger charge is -2.20. The number of hydrogen-bond donors (Lipinski definition) is 2. The monoisotopic (exact) mass is 516 g/mol. The molecular formula is C32H40N2O4. The molecular weight excluding hydrogens is 476 g/mol. The van der Waals surface area contributed by atoms with Crippen molar-refractivity contribution >= 4 is 17.7 Å². The third-order valence-corrected chi connectivity index (χ3v) is 6.76. The third-order valence-electron chi connectivity index (χ3n) is 6.76. The number of anilines is 1. The van der Waals surface area contributed by atoms with E-state index in [-0.39, 0.29) is 12.5 Å². The Bertz CT molecular complexity index is 1210. The number of amides is 2. The van der Waals surface area contributed by atoms with Crippen LogP contribution in [0.2, 0.25) is 0 Å². The molecule has 2 N–H and O–H groups in total. The van der Waals surface area contributed by atoms with Gasteiger partial charge in [0.2, 0.25) is 0 Å². The van der Waals surface area contributed by atoms with Crippen molar-refractivity contribution in [3.63, 3.8) is 0 Å². The Hall–Kier alpha value is -3.80. The summed E-state index contributed by atoms with van der Waals surface area (Å²) in [6.45, 7) is 4.82. The van der Waals surface area contributed by atoms with E-state index in [1.165, 1.54) is 16.7 Å². The quantitative estimate of drug-likeness (QED) is 0.266. The summed E-state index contributed by atoms with van der Waals surface area (Å²) in [4.78, 5) is 25.8. The first-order valence-electron chi connectivity index (χ1n) is 13.5. The molecule has 3 aromatic carbocycles. The van der Waals surface area contributed by atoms with E-state index < -0.39 is 5.97 Å². The van der Waals surface area contributed by atoms with Gasteiger partial charge in [-0.25, -0.2) is 4.79 Å². The number of hydrogen-bond acceptors (Lipinski definition) is 3. The SMILES string of the molecule is CCCc1cc(-c2cccc(N(C)C(=O)NCCc3cccc(OC)c3)c2)cc(CCC)c1CCC(=O)O. The van der Waals surface area contributed by atoms with Crippen LogP contribution in [0, 0.1) is 0 Å². The standard InChI is InChI=1S/C32H40N2O4/c1-5-9-25-20-27(21-26(10-6-2)30(25)15-16-31(35)36)24-12-8-13-28(22-24)34(3)32(37)33-18-17-23-11-7-14-29(19-23)38-4/h7-8,11-14,19-22H,5-6,9-10,15-18H2,1-4H3,(H,33,37)(H,35,36). The Kier molecular flexibility index (Phi) is 10.8. The first-order valence-corrected chi connectivity index (χ1v) is 13.5. The maximum absolute atomic E-state index is 12.9. The topological polar surface area (TPSA) is 78.9 Å². The van der Waals surface area contributed by atoms with Crippen molar-refractivity contribution in [3.05, 3.63) is 82.9 Å². The average molecular weight is 517 g/mol. The van der Waals surface area contributed by atoms with Crippen LogP contribution in [-0.4, -0.2) is 37.8 Å². The van der Waals surface area contributed by atoms with Crippen molar-refractivity contribution < 1.29 is 19.4 Å². The molecule has 6 nitrogen and oxygen atoms in total. The van der Waals surface area contributed by atoms with Crippen molar-refractivity contribution in [1.29, 1.82) is 0 Å². The number of nitrogens with zero attached hydrogens (tertiary/aromatic N) is 1. The fraction of sp³-hybridized carbons (Fsp3) is 0.375. The molecule has 0 unspecified atom stereocenters. The molecule has 0 aliphatic carbocycles. The number of aryl methyl sites for hydroxylation is 2. The molecule has 0 fully saturated rings. The lowest BCUT2D eigenvalue weighted by atomic mass is 9.88. The number of carbonyl (C=O) groups excluding carboxylic acids is 1. The fourth-order valence-corrected chi connectivity index (χ4v) is 4.77. The smallest absolute Gasteiger partial charge is 0.321 e. The second-order valence-electron chi connectivity index (χ2n) is 9.61. The zero-order valence-corrected chi connectivity index (χ0v) is 23.0. The number of carboxylic acids is 1. The Morgan fingerprint density at radius 1 is 0.868 bits per heavy atom. The summed E-state index contributed by atoms with van der Waals surface area (Å²) in [5.41, 5.74) is 7.69. The number of nitrogens with one attached hydrogen (secondary N) is 1. The first kappa shape index (κ1) is 28.8. The number of methoxy groups -OCH3 is 1. The number of aliphatic carboxylic acids is 1. The number of carbonyl (C=O) groups is 2. The van der Waals surface area contributed by atoms with E-state index in [1.54, 1.807) is 19.1 Å². The van der Waals surface area contributed by atoms with Gasteiger partial charge in [-0.1, -0.05) is 63.1 Å². The second-order valence-corrected chi connectivity index (χ2v) is 9.61. The summed E-state index contributed by atoms with van der Waals surface area (Å²) in [5.74, 6) is 0.0401. The van der Waals surface area contributed by atoms with Gasteiger partial charge in [-0.3, -0.25) is 9.69 Å². The highest BCUT2D eigenvalue weighted by Gasteiger charge is 2.15. The summed E-state index contributed by atoms with van der Waals surface area (Å²) in [6.07, 6.45) is 5.22. The number of benzene rings is 3. The minimum Gasteiger partial charge on any atom is -0.497 e.